The van der Waals surface area contributed by atoms with Gasteiger partial charge in [-0.05, 0) is 45.9 Å². The van der Waals surface area contributed by atoms with E-state index in [9.17, 15) is 4.55 Å². The monoisotopic (exact) mass is 341 g/mol. The van der Waals surface area contributed by atoms with Gasteiger partial charge in [0.1, 0.15) is 10.4 Å². The van der Waals surface area contributed by atoms with Crippen LogP contribution >= 0.6 is 11.6 Å². The number of aromatic nitrogens is 2. The summed E-state index contributed by atoms with van der Waals surface area (Å²) in [5.74, 6) is 0.417. The summed E-state index contributed by atoms with van der Waals surface area (Å²) in [4.78, 5) is 9.02. The molecule has 22 heavy (non-hydrogen) atoms. The molecule has 0 aliphatic carbocycles. The van der Waals surface area contributed by atoms with E-state index in [2.05, 4.69) is 14.7 Å². The van der Waals surface area contributed by atoms with E-state index in [1.165, 1.54) is 0 Å². The third kappa shape index (κ3) is 3.81. The van der Waals surface area contributed by atoms with Crippen LogP contribution in [0.4, 0.5) is 0 Å². The van der Waals surface area contributed by atoms with Crippen molar-refractivity contribution in [2.24, 2.45) is 0 Å². The molecule has 0 unspecified atom stereocenters. The zero-order valence-corrected chi connectivity index (χ0v) is 14.9. The Kier molecular flexibility index (Phi) is 5.17. The van der Waals surface area contributed by atoms with Gasteiger partial charge < -0.3 is 9.29 Å². The second-order valence-electron chi connectivity index (χ2n) is 5.97. The summed E-state index contributed by atoms with van der Waals surface area (Å²) < 4.78 is 20.3. The number of nitrogens with one attached hydrogen (secondary N) is 1. The van der Waals surface area contributed by atoms with Gasteiger partial charge in [-0.25, -0.2) is 9.97 Å². The SMILES string of the molecule is COc1nc2ccc(Cl)cc2nc1[C@@H](C)N[S@+]([O-])C(C)(C)C. The number of methoxy groups -OCH3 is 1. The van der Waals surface area contributed by atoms with Gasteiger partial charge in [-0.3, -0.25) is 0 Å². The summed E-state index contributed by atoms with van der Waals surface area (Å²) in [6, 6.07) is 5.03. The first-order valence-electron chi connectivity index (χ1n) is 6.91. The molecule has 2 atom stereocenters. The summed E-state index contributed by atoms with van der Waals surface area (Å²) in [6.07, 6.45) is 0. The van der Waals surface area contributed by atoms with Crippen LogP contribution in [-0.2, 0) is 11.4 Å². The van der Waals surface area contributed by atoms with Crippen molar-refractivity contribution in [2.45, 2.75) is 38.5 Å². The second-order valence-corrected chi connectivity index (χ2v) is 8.41. The summed E-state index contributed by atoms with van der Waals surface area (Å²) in [7, 11) is 1.54. The van der Waals surface area contributed by atoms with Gasteiger partial charge in [0.25, 0.3) is 0 Å². The van der Waals surface area contributed by atoms with Crippen LogP contribution in [0.2, 0.25) is 5.02 Å². The molecule has 5 nitrogen and oxygen atoms in total. The predicted molar refractivity (Wildman–Crippen MR) is 90.5 cm³/mol. The van der Waals surface area contributed by atoms with E-state index in [1.54, 1.807) is 25.3 Å². The standard InChI is InChI=1S/C15H20ClN3O2S/c1-9(19-22(20)15(2,3)4)13-14(21-5)18-11-7-6-10(16)8-12(11)17-13/h6-9,19H,1-5H3/t9-,22-/m1/s1. The van der Waals surface area contributed by atoms with E-state index in [0.717, 1.165) is 0 Å². The minimum Gasteiger partial charge on any atom is -0.598 e. The molecule has 0 radical (unpaired) electrons. The maximum absolute atomic E-state index is 12.3. The zero-order chi connectivity index (χ0) is 16.5. The number of halogens is 1. The third-order valence-corrected chi connectivity index (χ3v) is 4.98. The Morgan fingerprint density at radius 2 is 1.95 bits per heavy atom. The fraction of sp³-hybridized carbons (Fsp3) is 0.467. The normalized spacial score (nSPS) is 14.9. The van der Waals surface area contributed by atoms with Crippen LogP contribution < -0.4 is 9.46 Å². The van der Waals surface area contributed by atoms with Crippen molar-refractivity contribution in [3.8, 4) is 5.88 Å². The maximum Gasteiger partial charge on any atom is 0.237 e. The fourth-order valence-electron chi connectivity index (χ4n) is 1.85. The number of rotatable bonds is 4. The molecule has 2 rings (SSSR count). The number of nitrogens with zero attached hydrogens (tertiary/aromatic N) is 2. The third-order valence-electron chi connectivity index (χ3n) is 3.06. The van der Waals surface area contributed by atoms with Crippen LogP contribution in [0.15, 0.2) is 18.2 Å². The lowest BCUT2D eigenvalue weighted by Crippen LogP contribution is -2.40. The van der Waals surface area contributed by atoms with E-state index >= 15 is 0 Å². The van der Waals surface area contributed by atoms with Gasteiger partial charge in [0.15, 0.2) is 0 Å². The molecule has 0 fully saturated rings. The first kappa shape index (κ1) is 17.3. The molecule has 0 amide bonds. The van der Waals surface area contributed by atoms with Crippen LogP contribution in [0.25, 0.3) is 11.0 Å². The van der Waals surface area contributed by atoms with Gasteiger partial charge >= 0.3 is 0 Å². The van der Waals surface area contributed by atoms with Crippen molar-refractivity contribution in [3.05, 3.63) is 28.9 Å². The molecule has 0 aliphatic heterocycles. The lowest BCUT2D eigenvalue weighted by atomic mass is 10.2. The highest BCUT2D eigenvalue weighted by atomic mass is 35.5. The number of hydrogen-bond acceptors (Lipinski definition) is 5. The van der Waals surface area contributed by atoms with Gasteiger partial charge in [0, 0.05) is 16.4 Å². The van der Waals surface area contributed by atoms with Crippen molar-refractivity contribution >= 4 is 34.0 Å². The summed E-state index contributed by atoms with van der Waals surface area (Å²) in [6.45, 7) is 7.61. The van der Waals surface area contributed by atoms with Crippen LogP contribution in [0, 0.1) is 0 Å². The molecule has 0 spiro atoms. The molecule has 1 aromatic heterocycles. The molecule has 0 bridgehead atoms. The van der Waals surface area contributed by atoms with E-state index in [-0.39, 0.29) is 10.8 Å². The molecule has 1 aromatic carbocycles. The quantitative estimate of drug-likeness (QED) is 0.863. The lowest BCUT2D eigenvalue weighted by Gasteiger charge is -2.26. The van der Waals surface area contributed by atoms with Crippen LogP contribution in [0.1, 0.15) is 39.4 Å². The minimum absolute atomic E-state index is 0.272. The van der Waals surface area contributed by atoms with Crippen molar-refractivity contribution in [1.29, 1.82) is 0 Å². The van der Waals surface area contributed by atoms with E-state index < -0.39 is 11.4 Å². The number of fused-ring (bicyclic) bond motifs is 1. The van der Waals surface area contributed by atoms with Gasteiger partial charge in [-0.1, -0.05) is 11.6 Å². The Hall–Kier alpha value is -1.08. The van der Waals surface area contributed by atoms with Crippen molar-refractivity contribution in [3.63, 3.8) is 0 Å². The Labute approximate surface area is 138 Å². The summed E-state index contributed by atoms with van der Waals surface area (Å²) in [5, 5.41) is 0.594. The fourth-order valence-corrected chi connectivity index (χ4v) is 2.80. The maximum atomic E-state index is 12.3. The smallest absolute Gasteiger partial charge is 0.237 e. The highest BCUT2D eigenvalue weighted by Gasteiger charge is 2.30. The first-order valence-corrected chi connectivity index (χ1v) is 8.44. The molecule has 2 aromatic rings. The summed E-state index contributed by atoms with van der Waals surface area (Å²) >= 11 is 4.79. The van der Waals surface area contributed by atoms with Gasteiger partial charge in [0.2, 0.25) is 5.88 Å². The summed E-state index contributed by atoms with van der Waals surface area (Å²) in [5.41, 5.74) is 1.99. The number of ether oxygens (including phenoxy) is 1. The average Bonchev–Trinajstić information content (AvgIpc) is 2.44. The highest BCUT2D eigenvalue weighted by molar-refractivity contribution is 7.90. The number of hydrogen-bond donors (Lipinski definition) is 1. The zero-order valence-electron chi connectivity index (χ0n) is 13.3. The molecular weight excluding hydrogens is 322 g/mol. The topological polar surface area (TPSA) is 70.1 Å². The second kappa shape index (κ2) is 6.58. The minimum atomic E-state index is -1.22. The van der Waals surface area contributed by atoms with Crippen LogP contribution in [-0.4, -0.2) is 26.4 Å². The first-order chi connectivity index (χ1) is 10.2. The molecular formula is C15H20ClN3O2S. The lowest BCUT2D eigenvalue weighted by molar-refractivity contribution is 0.386. The van der Waals surface area contributed by atoms with Gasteiger partial charge in [-0.2, -0.15) is 0 Å². The van der Waals surface area contributed by atoms with Crippen molar-refractivity contribution in [2.75, 3.05) is 7.11 Å². The van der Waals surface area contributed by atoms with E-state index in [4.69, 9.17) is 16.3 Å². The predicted octanol–water partition coefficient (Wildman–Crippen LogP) is 3.40. The number of benzene rings is 1. The molecule has 1 heterocycles. The van der Waals surface area contributed by atoms with Gasteiger partial charge in [0.05, 0.1) is 24.2 Å². The van der Waals surface area contributed by atoms with Crippen LogP contribution in [0.3, 0.4) is 0 Å². The molecule has 120 valence electrons. The molecule has 0 saturated heterocycles. The molecule has 1 N–H and O–H groups in total. The average molecular weight is 342 g/mol. The highest BCUT2D eigenvalue weighted by Crippen LogP contribution is 2.27. The van der Waals surface area contributed by atoms with Crippen LogP contribution in [0.5, 0.6) is 5.88 Å². The van der Waals surface area contributed by atoms with E-state index in [1.807, 2.05) is 27.7 Å². The Balaban J connectivity index is 2.40. The molecule has 0 saturated carbocycles. The van der Waals surface area contributed by atoms with Crippen molar-refractivity contribution < 1.29 is 9.29 Å². The largest absolute Gasteiger partial charge is 0.598 e. The van der Waals surface area contributed by atoms with E-state index in [0.29, 0.717) is 27.6 Å². The van der Waals surface area contributed by atoms with Crippen molar-refractivity contribution in [1.82, 2.24) is 14.7 Å². The van der Waals surface area contributed by atoms with Gasteiger partial charge in [-0.15, -0.1) is 4.72 Å². The Morgan fingerprint density at radius 3 is 2.55 bits per heavy atom. The Morgan fingerprint density at radius 1 is 1.27 bits per heavy atom. The molecule has 0 aliphatic rings. The molecule has 7 heteroatoms. The Bertz CT molecular complexity index is 676.